The van der Waals surface area contributed by atoms with E-state index in [0.29, 0.717) is 17.2 Å². The highest BCUT2D eigenvalue weighted by Gasteiger charge is 2.30. The van der Waals surface area contributed by atoms with Gasteiger partial charge in [-0.05, 0) is 43.2 Å². The quantitative estimate of drug-likeness (QED) is 0.514. The number of halogens is 3. The Bertz CT molecular complexity index is 1100. The number of nitrogens with two attached hydrogens (primary N) is 1. The second-order valence-corrected chi connectivity index (χ2v) is 7.36. The van der Waals surface area contributed by atoms with E-state index in [9.17, 15) is 18.0 Å². The van der Waals surface area contributed by atoms with Crippen LogP contribution in [0.25, 0.3) is 10.9 Å². The Balaban J connectivity index is 1.69. The highest BCUT2D eigenvalue weighted by atomic mass is 19.4. The molecule has 1 aliphatic rings. The first-order valence-corrected chi connectivity index (χ1v) is 9.67. The molecular weight excluding hydrogens is 397 g/mol. The maximum absolute atomic E-state index is 12.8. The highest BCUT2D eigenvalue weighted by molar-refractivity contribution is 5.90. The number of aromatic nitrogens is 3. The van der Waals surface area contributed by atoms with Gasteiger partial charge in [0.05, 0.1) is 11.1 Å². The van der Waals surface area contributed by atoms with Gasteiger partial charge in [-0.3, -0.25) is 4.79 Å². The molecule has 7 nitrogen and oxygen atoms in total. The molecule has 30 heavy (non-hydrogen) atoms. The van der Waals surface area contributed by atoms with Crippen LogP contribution in [0.5, 0.6) is 0 Å². The van der Waals surface area contributed by atoms with Crippen molar-refractivity contribution in [3.8, 4) is 0 Å². The van der Waals surface area contributed by atoms with E-state index in [0.717, 1.165) is 37.8 Å². The predicted octanol–water partition coefficient (Wildman–Crippen LogP) is 3.76. The standard InChI is InChI=1S/C20H21F3N6O/c21-20(22,23)11-5-7-12(8-6-11)26-17-16-15(9-10-25-18(16)30)28-19(29-17)27-14-4-2-1-3-13(14)24/h5-10,13-14H,1-4,24H2,(H,25,30)(H2,26,27,28,29)/t13-,14+/m1/s1. The largest absolute Gasteiger partial charge is 0.416 e. The van der Waals surface area contributed by atoms with Gasteiger partial charge in [0.25, 0.3) is 5.56 Å². The van der Waals surface area contributed by atoms with E-state index in [1.807, 2.05) is 0 Å². The topological polar surface area (TPSA) is 109 Å². The van der Waals surface area contributed by atoms with E-state index < -0.39 is 17.3 Å². The Morgan fingerprint density at radius 1 is 1.07 bits per heavy atom. The van der Waals surface area contributed by atoms with E-state index >= 15 is 0 Å². The van der Waals surface area contributed by atoms with Gasteiger partial charge in [0.15, 0.2) is 0 Å². The van der Waals surface area contributed by atoms with Gasteiger partial charge in [0, 0.05) is 24.0 Å². The average Bonchev–Trinajstić information content (AvgIpc) is 2.69. The number of pyridine rings is 1. The van der Waals surface area contributed by atoms with Gasteiger partial charge in [-0.15, -0.1) is 0 Å². The molecular formula is C20H21F3N6O. The van der Waals surface area contributed by atoms with Crippen LogP contribution in [-0.4, -0.2) is 27.0 Å². The molecule has 5 N–H and O–H groups in total. The van der Waals surface area contributed by atoms with Crippen molar-refractivity contribution < 1.29 is 13.2 Å². The summed E-state index contributed by atoms with van der Waals surface area (Å²) in [6, 6.07) is 6.14. The summed E-state index contributed by atoms with van der Waals surface area (Å²) in [7, 11) is 0. The Morgan fingerprint density at radius 3 is 2.50 bits per heavy atom. The summed E-state index contributed by atoms with van der Waals surface area (Å²) < 4.78 is 38.4. The lowest BCUT2D eigenvalue weighted by molar-refractivity contribution is -0.137. The zero-order valence-corrected chi connectivity index (χ0v) is 16.0. The molecule has 158 valence electrons. The summed E-state index contributed by atoms with van der Waals surface area (Å²) in [5.41, 5.74) is 5.82. The third-order valence-electron chi connectivity index (χ3n) is 5.23. The Kier molecular flexibility index (Phi) is 5.33. The number of hydrogen-bond donors (Lipinski definition) is 4. The fraction of sp³-hybridized carbons (Fsp3) is 0.350. The molecule has 1 saturated carbocycles. The normalized spacial score (nSPS) is 19.6. The number of aromatic amines is 1. The van der Waals surface area contributed by atoms with Crippen molar-refractivity contribution in [3.05, 3.63) is 52.4 Å². The number of rotatable bonds is 4. The zero-order chi connectivity index (χ0) is 21.3. The van der Waals surface area contributed by atoms with Gasteiger partial charge in [-0.25, -0.2) is 4.98 Å². The van der Waals surface area contributed by atoms with Crippen LogP contribution in [-0.2, 0) is 6.18 Å². The van der Waals surface area contributed by atoms with E-state index in [1.165, 1.54) is 18.3 Å². The molecule has 0 unspecified atom stereocenters. The van der Waals surface area contributed by atoms with Crippen LogP contribution in [0.2, 0.25) is 0 Å². The number of alkyl halides is 3. The van der Waals surface area contributed by atoms with Crippen molar-refractivity contribution in [2.45, 2.75) is 43.9 Å². The SMILES string of the molecule is N[C@@H]1CCCC[C@@H]1Nc1nc(Nc2ccc(C(F)(F)F)cc2)c2c(=O)[nH]ccc2n1. The smallest absolute Gasteiger partial charge is 0.350 e. The van der Waals surface area contributed by atoms with Crippen LogP contribution in [0.15, 0.2) is 41.3 Å². The lowest BCUT2D eigenvalue weighted by Crippen LogP contribution is -2.43. The molecule has 2 aromatic heterocycles. The molecule has 10 heteroatoms. The Labute approximate surface area is 169 Å². The summed E-state index contributed by atoms with van der Waals surface area (Å²) in [5.74, 6) is 0.512. The third kappa shape index (κ3) is 4.23. The van der Waals surface area contributed by atoms with Crippen molar-refractivity contribution in [2.75, 3.05) is 10.6 Å². The number of nitrogens with one attached hydrogen (secondary N) is 3. The first-order valence-electron chi connectivity index (χ1n) is 9.67. The van der Waals surface area contributed by atoms with Crippen molar-refractivity contribution in [3.63, 3.8) is 0 Å². The van der Waals surface area contributed by atoms with Gasteiger partial charge < -0.3 is 21.4 Å². The molecule has 0 amide bonds. The van der Waals surface area contributed by atoms with Crippen LogP contribution in [0.1, 0.15) is 31.2 Å². The van der Waals surface area contributed by atoms with E-state index in [-0.39, 0.29) is 23.3 Å². The molecule has 0 saturated heterocycles. The lowest BCUT2D eigenvalue weighted by atomic mass is 9.91. The van der Waals surface area contributed by atoms with Crippen molar-refractivity contribution in [1.29, 1.82) is 0 Å². The molecule has 2 atom stereocenters. The van der Waals surface area contributed by atoms with Crippen LogP contribution in [0.4, 0.5) is 30.6 Å². The van der Waals surface area contributed by atoms with Gasteiger partial charge in [-0.2, -0.15) is 18.2 Å². The fourth-order valence-electron chi connectivity index (χ4n) is 3.63. The monoisotopic (exact) mass is 418 g/mol. The summed E-state index contributed by atoms with van der Waals surface area (Å²) in [6.45, 7) is 0. The number of hydrogen-bond acceptors (Lipinski definition) is 6. The van der Waals surface area contributed by atoms with Gasteiger partial charge in [0.2, 0.25) is 5.95 Å². The zero-order valence-electron chi connectivity index (χ0n) is 16.0. The molecule has 1 aliphatic carbocycles. The van der Waals surface area contributed by atoms with Crippen molar-refractivity contribution in [1.82, 2.24) is 15.0 Å². The fourth-order valence-corrected chi connectivity index (χ4v) is 3.63. The summed E-state index contributed by atoms with van der Waals surface area (Å²) in [5, 5.41) is 6.41. The van der Waals surface area contributed by atoms with Crippen molar-refractivity contribution >= 4 is 28.4 Å². The lowest BCUT2D eigenvalue weighted by Gasteiger charge is -2.29. The van der Waals surface area contributed by atoms with Gasteiger partial charge >= 0.3 is 6.18 Å². The number of anilines is 3. The first-order chi connectivity index (χ1) is 14.3. The third-order valence-corrected chi connectivity index (χ3v) is 5.23. The summed E-state index contributed by atoms with van der Waals surface area (Å²) in [4.78, 5) is 23.8. The number of H-pyrrole nitrogens is 1. The Hall–Kier alpha value is -3.14. The molecule has 1 aromatic carbocycles. The molecule has 0 bridgehead atoms. The van der Waals surface area contributed by atoms with Crippen LogP contribution in [0.3, 0.4) is 0 Å². The van der Waals surface area contributed by atoms with Crippen LogP contribution >= 0.6 is 0 Å². The summed E-state index contributed by atoms with van der Waals surface area (Å²) in [6.07, 6.45) is 0.979. The molecule has 3 aromatic rings. The highest BCUT2D eigenvalue weighted by Crippen LogP contribution is 2.31. The maximum atomic E-state index is 12.8. The second-order valence-electron chi connectivity index (χ2n) is 7.36. The van der Waals surface area contributed by atoms with Crippen molar-refractivity contribution in [2.24, 2.45) is 5.73 Å². The molecule has 1 fully saturated rings. The molecule has 2 heterocycles. The predicted molar refractivity (Wildman–Crippen MR) is 109 cm³/mol. The van der Waals surface area contributed by atoms with Crippen LogP contribution in [0, 0.1) is 0 Å². The van der Waals surface area contributed by atoms with E-state index in [2.05, 4.69) is 25.6 Å². The number of nitrogens with zero attached hydrogens (tertiary/aromatic N) is 2. The minimum absolute atomic E-state index is 0.0112. The van der Waals surface area contributed by atoms with E-state index in [1.54, 1.807) is 6.07 Å². The minimum Gasteiger partial charge on any atom is -0.350 e. The average molecular weight is 418 g/mol. The second kappa shape index (κ2) is 7.94. The first kappa shape index (κ1) is 20.1. The maximum Gasteiger partial charge on any atom is 0.416 e. The minimum atomic E-state index is -4.42. The molecule has 4 rings (SSSR count). The van der Waals surface area contributed by atoms with Crippen LogP contribution < -0.4 is 21.9 Å². The molecule has 0 radical (unpaired) electrons. The van der Waals surface area contributed by atoms with Gasteiger partial charge in [-0.1, -0.05) is 12.8 Å². The van der Waals surface area contributed by atoms with Gasteiger partial charge in [0.1, 0.15) is 11.2 Å². The summed E-state index contributed by atoms with van der Waals surface area (Å²) >= 11 is 0. The molecule has 0 aliphatic heterocycles. The van der Waals surface area contributed by atoms with E-state index in [4.69, 9.17) is 5.73 Å². The Morgan fingerprint density at radius 2 is 1.80 bits per heavy atom. The number of fused-ring (bicyclic) bond motifs is 1. The molecule has 0 spiro atoms. The number of benzene rings is 1.